The van der Waals surface area contributed by atoms with Crippen LogP contribution in [0.25, 0.3) is 17.0 Å². The van der Waals surface area contributed by atoms with Crippen LogP contribution in [0.2, 0.25) is 10.0 Å². The standard InChI is InChI=1S/C31H28Cl2N4O4/c1-19-6-10-21-4-3-5-26(30(21)37-19)41-18-24-25(32)14-13-23(29(24)33)16-35-28(39)17-36-27(38)15-9-20-7-11-22(12-8-20)31(40)34-2/h3-15H,16-18H2,1-2H3,(H,34,40)(H,35,39)(H,36,38)/b15-9+. The number of aromatic nitrogens is 1. The third-order valence-corrected chi connectivity index (χ3v) is 7.01. The Bertz CT molecular complexity index is 1620. The van der Waals surface area contributed by atoms with E-state index < -0.39 is 5.91 Å². The van der Waals surface area contributed by atoms with Crippen LogP contribution in [0.5, 0.6) is 5.75 Å². The normalized spacial score (nSPS) is 10.9. The molecule has 0 aliphatic rings. The lowest BCUT2D eigenvalue weighted by molar-refractivity contribution is -0.124. The number of pyridine rings is 1. The van der Waals surface area contributed by atoms with Gasteiger partial charge >= 0.3 is 0 Å². The van der Waals surface area contributed by atoms with Crippen LogP contribution in [0.3, 0.4) is 0 Å². The number of halogens is 2. The summed E-state index contributed by atoms with van der Waals surface area (Å²) in [6.45, 7) is 1.96. The van der Waals surface area contributed by atoms with Crippen LogP contribution in [0.4, 0.5) is 0 Å². The zero-order valence-electron chi connectivity index (χ0n) is 22.5. The summed E-state index contributed by atoms with van der Waals surface area (Å²) in [5.41, 5.74) is 4.12. The zero-order chi connectivity index (χ0) is 29.4. The highest BCUT2D eigenvalue weighted by Gasteiger charge is 2.14. The molecule has 0 saturated heterocycles. The van der Waals surface area contributed by atoms with E-state index in [2.05, 4.69) is 20.9 Å². The number of rotatable bonds is 10. The van der Waals surface area contributed by atoms with E-state index >= 15 is 0 Å². The van der Waals surface area contributed by atoms with Crippen LogP contribution < -0.4 is 20.7 Å². The van der Waals surface area contributed by atoms with E-state index in [1.807, 2.05) is 37.3 Å². The molecular formula is C31H28Cl2N4O4. The molecule has 1 aromatic heterocycles. The molecule has 3 N–H and O–H groups in total. The molecule has 4 rings (SSSR count). The van der Waals surface area contributed by atoms with E-state index in [-0.39, 0.29) is 31.5 Å². The molecule has 0 aliphatic carbocycles. The third kappa shape index (κ3) is 7.84. The first-order valence-corrected chi connectivity index (χ1v) is 13.5. The third-order valence-electron chi connectivity index (χ3n) is 6.19. The molecule has 3 aromatic carbocycles. The van der Waals surface area contributed by atoms with Gasteiger partial charge in [0.2, 0.25) is 11.8 Å². The van der Waals surface area contributed by atoms with Gasteiger partial charge in [0.25, 0.3) is 5.91 Å². The monoisotopic (exact) mass is 590 g/mol. The Morgan fingerprint density at radius 3 is 2.49 bits per heavy atom. The zero-order valence-corrected chi connectivity index (χ0v) is 24.0. The van der Waals surface area contributed by atoms with Crippen molar-refractivity contribution in [1.29, 1.82) is 0 Å². The van der Waals surface area contributed by atoms with Gasteiger partial charge in [-0.1, -0.05) is 59.6 Å². The number of nitrogens with one attached hydrogen (secondary N) is 3. The Kier molecular flexibility index (Phi) is 9.95. The number of carbonyl (C=O) groups excluding carboxylic acids is 3. The Morgan fingerprint density at radius 1 is 0.951 bits per heavy atom. The molecule has 0 atom stereocenters. The molecule has 3 amide bonds. The van der Waals surface area contributed by atoms with Crippen LogP contribution in [-0.2, 0) is 22.7 Å². The number of carbonyl (C=O) groups is 3. The summed E-state index contributed by atoms with van der Waals surface area (Å²) in [4.78, 5) is 40.7. The van der Waals surface area contributed by atoms with Gasteiger partial charge in [0.1, 0.15) is 17.9 Å². The molecule has 10 heteroatoms. The molecule has 0 fully saturated rings. The molecule has 0 bridgehead atoms. The number of para-hydroxylation sites is 1. The number of ether oxygens (including phenoxy) is 1. The lowest BCUT2D eigenvalue weighted by atomic mass is 10.1. The van der Waals surface area contributed by atoms with E-state index in [1.54, 1.807) is 49.5 Å². The van der Waals surface area contributed by atoms with Crippen molar-refractivity contribution < 1.29 is 19.1 Å². The average Bonchev–Trinajstić information content (AvgIpc) is 2.98. The molecule has 41 heavy (non-hydrogen) atoms. The second-order valence-electron chi connectivity index (χ2n) is 9.10. The van der Waals surface area contributed by atoms with Gasteiger partial charge in [-0.2, -0.15) is 0 Å². The van der Waals surface area contributed by atoms with Crippen molar-refractivity contribution in [3.05, 3.63) is 111 Å². The molecule has 0 saturated carbocycles. The molecule has 0 unspecified atom stereocenters. The predicted molar refractivity (Wildman–Crippen MR) is 161 cm³/mol. The Balaban J connectivity index is 1.30. The molecule has 0 radical (unpaired) electrons. The summed E-state index contributed by atoms with van der Waals surface area (Å²) in [5, 5.41) is 9.62. The van der Waals surface area contributed by atoms with Gasteiger partial charge in [-0.05, 0) is 54.5 Å². The van der Waals surface area contributed by atoms with Crippen LogP contribution in [0.15, 0.2) is 72.8 Å². The molecule has 1 heterocycles. The van der Waals surface area contributed by atoms with Crippen molar-refractivity contribution in [3.63, 3.8) is 0 Å². The summed E-state index contributed by atoms with van der Waals surface area (Å²) in [6.07, 6.45) is 2.91. The molecule has 210 valence electrons. The van der Waals surface area contributed by atoms with E-state index in [0.29, 0.717) is 32.5 Å². The summed E-state index contributed by atoms with van der Waals surface area (Å²) in [5.74, 6) is -0.398. The minimum absolute atomic E-state index is 0.116. The molecular weight excluding hydrogens is 563 g/mol. The van der Waals surface area contributed by atoms with Gasteiger partial charge < -0.3 is 20.7 Å². The topological polar surface area (TPSA) is 109 Å². The van der Waals surface area contributed by atoms with Gasteiger partial charge in [-0.25, -0.2) is 4.98 Å². The summed E-state index contributed by atoms with van der Waals surface area (Å²) in [7, 11) is 1.56. The Morgan fingerprint density at radius 2 is 1.73 bits per heavy atom. The number of amides is 3. The summed E-state index contributed by atoms with van der Waals surface area (Å²) >= 11 is 13.1. The predicted octanol–water partition coefficient (Wildman–Crippen LogP) is 5.23. The number of aryl methyl sites for hydroxylation is 1. The molecule has 4 aromatic rings. The maximum atomic E-state index is 12.4. The van der Waals surface area contributed by atoms with Gasteiger partial charge in [0, 0.05) is 46.9 Å². The SMILES string of the molecule is CNC(=O)c1ccc(/C=C/C(=O)NCC(=O)NCc2ccc(Cl)c(COc3cccc4ccc(C)nc34)c2Cl)cc1. The fourth-order valence-electron chi connectivity index (χ4n) is 3.94. The lowest BCUT2D eigenvalue weighted by Gasteiger charge is -2.14. The van der Waals surface area contributed by atoms with E-state index in [4.69, 9.17) is 27.9 Å². The smallest absolute Gasteiger partial charge is 0.251 e. The van der Waals surface area contributed by atoms with Gasteiger partial charge in [-0.3, -0.25) is 14.4 Å². The van der Waals surface area contributed by atoms with Gasteiger partial charge in [0.05, 0.1) is 11.6 Å². The molecule has 0 spiro atoms. The molecule has 0 aliphatic heterocycles. The molecule has 8 nitrogen and oxygen atoms in total. The number of hydrogen-bond acceptors (Lipinski definition) is 5. The Hall–Kier alpha value is -4.40. The maximum absolute atomic E-state index is 12.4. The second-order valence-corrected chi connectivity index (χ2v) is 9.88. The summed E-state index contributed by atoms with van der Waals surface area (Å²) < 4.78 is 6.05. The van der Waals surface area contributed by atoms with Gasteiger partial charge in [-0.15, -0.1) is 0 Å². The Labute approximate surface area is 247 Å². The van der Waals surface area contributed by atoms with E-state index in [9.17, 15) is 14.4 Å². The lowest BCUT2D eigenvalue weighted by Crippen LogP contribution is -2.35. The first-order valence-electron chi connectivity index (χ1n) is 12.7. The first-order chi connectivity index (χ1) is 19.7. The number of nitrogens with zero attached hydrogens (tertiary/aromatic N) is 1. The summed E-state index contributed by atoms with van der Waals surface area (Å²) in [6, 6.07) is 19.8. The fraction of sp³-hybridized carbons (Fsp3) is 0.161. The second kappa shape index (κ2) is 13.8. The van der Waals surface area contributed by atoms with Crippen LogP contribution in [-0.4, -0.2) is 36.3 Å². The number of hydrogen-bond donors (Lipinski definition) is 3. The number of benzene rings is 3. The highest BCUT2D eigenvalue weighted by molar-refractivity contribution is 6.36. The van der Waals surface area contributed by atoms with Crippen molar-refractivity contribution in [1.82, 2.24) is 20.9 Å². The quantitative estimate of drug-likeness (QED) is 0.219. The van der Waals surface area contributed by atoms with Crippen molar-refractivity contribution in [2.45, 2.75) is 20.1 Å². The highest BCUT2D eigenvalue weighted by Crippen LogP contribution is 2.31. The minimum Gasteiger partial charge on any atom is -0.487 e. The van der Waals surface area contributed by atoms with Crippen molar-refractivity contribution >= 4 is 57.9 Å². The number of fused-ring (bicyclic) bond motifs is 1. The van der Waals surface area contributed by atoms with Crippen molar-refractivity contribution in [3.8, 4) is 5.75 Å². The van der Waals surface area contributed by atoms with Crippen LogP contribution in [0.1, 0.15) is 32.7 Å². The van der Waals surface area contributed by atoms with E-state index in [0.717, 1.165) is 22.2 Å². The highest BCUT2D eigenvalue weighted by atomic mass is 35.5. The van der Waals surface area contributed by atoms with Crippen LogP contribution >= 0.6 is 23.2 Å². The average molecular weight is 591 g/mol. The minimum atomic E-state index is -0.433. The van der Waals surface area contributed by atoms with Crippen LogP contribution in [0, 0.1) is 6.92 Å². The van der Waals surface area contributed by atoms with E-state index in [1.165, 1.54) is 6.08 Å². The first kappa shape index (κ1) is 29.6. The van der Waals surface area contributed by atoms with Crippen molar-refractivity contribution in [2.75, 3.05) is 13.6 Å². The van der Waals surface area contributed by atoms with Crippen molar-refractivity contribution in [2.24, 2.45) is 0 Å². The van der Waals surface area contributed by atoms with Gasteiger partial charge in [0.15, 0.2) is 0 Å². The maximum Gasteiger partial charge on any atom is 0.251 e. The fourth-order valence-corrected chi connectivity index (χ4v) is 4.49. The largest absolute Gasteiger partial charge is 0.487 e.